The van der Waals surface area contributed by atoms with Crippen LogP contribution in [0, 0.1) is 11.8 Å². The van der Waals surface area contributed by atoms with Gasteiger partial charge in [0.1, 0.15) is 0 Å². The number of amides is 1. The third-order valence-electron chi connectivity index (χ3n) is 4.92. The van der Waals surface area contributed by atoms with Crippen LogP contribution in [0.3, 0.4) is 0 Å². The third-order valence-corrected chi connectivity index (χ3v) is 4.92. The van der Waals surface area contributed by atoms with Gasteiger partial charge >= 0.3 is 5.97 Å². The Balaban J connectivity index is 0.00000364. The van der Waals surface area contributed by atoms with Crippen molar-refractivity contribution in [1.82, 2.24) is 10.6 Å². The zero-order chi connectivity index (χ0) is 18.9. The molecule has 1 saturated heterocycles. The molecule has 1 aliphatic heterocycles. The number of carbonyl (C=O) groups excluding carboxylic acids is 2. The molecular formula is C21H33ClN2O3. The van der Waals surface area contributed by atoms with E-state index < -0.39 is 0 Å². The normalized spacial score (nSPS) is 18.9. The van der Waals surface area contributed by atoms with Gasteiger partial charge in [0, 0.05) is 6.42 Å². The fraction of sp³-hybridized carbons (Fsp3) is 0.619. The monoisotopic (exact) mass is 396 g/mol. The molecule has 0 aromatic heterocycles. The Hall–Kier alpha value is -1.59. The number of hydrogen-bond acceptors (Lipinski definition) is 4. The predicted molar refractivity (Wildman–Crippen MR) is 110 cm³/mol. The van der Waals surface area contributed by atoms with Crippen LogP contribution in [0.1, 0.15) is 58.1 Å². The lowest BCUT2D eigenvalue weighted by Crippen LogP contribution is -2.37. The number of halogens is 1. The first-order valence-electron chi connectivity index (χ1n) is 9.70. The molecule has 0 bridgehead atoms. The molecule has 1 aliphatic rings. The molecule has 0 aliphatic carbocycles. The first-order chi connectivity index (χ1) is 12.5. The van der Waals surface area contributed by atoms with Crippen LogP contribution in [0.2, 0.25) is 0 Å². The summed E-state index contributed by atoms with van der Waals surface area (Å²) in [6.45, 7) is 7.85. The van der Waals surface area contributed by atoms with Crippen molar-refractivity contribution in [3.63, 3.8) is 0 Å². The zero-order valence-corrected chi connectivity index (χ0v) is 17.4. The summed E-state index contributed by atoms with van der Waals surface area (Å²) in [4.78, 5) is 24.7. The van der Waals surface area contributed by atoms with Crippen LogP contribution in [-0.2, 0) is 14.3 Å². The number of piperidine rings is 1. The van der Waals surface area contributed by atoms with Crippen LogP contribution in [-0.4, -0.2) is 31.1 Å². The maximum absolute atomic E-state index is 12.6. The van der Waals surface area contributed by atoms with Crippen molar-refractivity contribution in [2.75, 3.05) is 13.1 Å². The summed E-state index contributed by atoms with van der Waals surface area (Å²) in [6.07, 6.45) is 2.81. The molecule has 1 fully saturated rings. The van der Waals surface area contributed by atoms with E-state index in [-0.39, 0.29) is 42.9 Å². The van der Waals surface area contributed by atoms with Gasteiger partial charge in [-0.2, -0.15) is 0 Å². The highest BCUT2D eigenvalue weighted by atomic mass is 35.5. The second-order valence-corrected chi connectivity index (χ2v) is 7.56. The van der Waals surface area contributed by atoms with E-state index in [4.69, 9.17) is 4.74 Å². The van der Waals surface area contributed by atoms with E-state index in [1.54, 1.807) is 0 Å². The van der Waals surface area contributed by atoms with Gasteiger partial charge in [-0.3, -0.25) is 9.59 Å². The molecule has 3 atom stereocenters. The van der Waals surface area contributed by atoms with Gasteiger partial charge in [0.05, 0.1) is 18.6 Å². The van der Waals surface area contributed by atoms with E-state index in [0.717, 1.165) is 18.7 Å². The fourth-order valence-electron chi connectivity index (χ4n) is 3.49. The van der Waals surface area contributed by atoms with Gasteiger partial charge in [-0.25, -0.2) is 0 Å². The largest absolute Gasteiger partial charge is 0.463 e. The zero-order valence-electron chi connectivity index (χ0n) is 16.6. The Labute approximate surface area is 169 Å². The maximum atomic E-state index is 12.6. The van der Waals surface area contributed by atoms with Gasteiger partial charge in [0.15, 0.2) is 0 Å². The van der Waals surface area contributed by atoms with Crippen LogP contribution in [0.25, 0.3) is 0 Å². The first kappa shape index (κ1) is 23.4. The smallest absolute Gasteiger partial charge is 0.308 e. The minimum atomic E-state index is -0.355. The van der Waals surface area contributed by atoms with Gasteiger partial charge in [-0.1, -0.05) is 37.3 Å². The summed E-state index contributed by atoms with van der Waals surface area (Å²) in [5, 5.41) is 6.45. The molecule has 0 radical (unpaired) electrons. The van der Waals surface area contributed by atoms with Crippen LogP contribution in [0.5, 0.6) is 0 Å². The van der Waals surface area contributed by atoms with E-state index >= 15 is 0 Å². The summed E-state index contributed by atoms with van der Waals surface area (Å²) < 4.78 is 5.26. The van der Waals surface area contributed by atoms with Crippen molar-refractivity contribution in [1.29, 1.82) is 0 Å². The standard InChI is InChI=1S/C21H32N2O3.ClH/c1-15(2)26-21(25)13-19(17-8-5-4-6-9-17)23-20(24)12-16(3)18-10-7-11-22-14-18;/h4-6,8-9,15-16,18-19,22H,7,10-14H2,1-3H3,(H,23,24);1H. The molecular weight excluding hydrogens is 364 g/mol. The lowest BCUT2D eigenvalue weighted by molar-refractivity contribution is -0.148. The number of carbonyl (C=O) groups is 2. The minimum absolute atomic E-state index is 0. The second-order valence-electron chi connectivity index (χ2n) is 7.56. The molecule has 6 heteroatoms. The summed E-state index contributed by atoms with van der Waals surface area (Å²) in [5.74, 6) is 0.561. The van der Waals surface area contributed by atoms with Crippen LogP contribution in [0.15, 0.2) is 30.3 Å². The number of nitrogens with one attached hydrogen (secondary N) is 2. The molecule has 2 rings (SSSR count). The summed E-state index contributed by atoms with van der Waals surface area (Å²) in [6, 6.07) is 9.26. The first-order valence-corrected chi connectivity index (χ1v) is 9.70. The Kier molecular flexibility index (Phi) is 10.4. The number of esters is 1. The van der Waals surface area contributed by atoms with Crippen molar-refractivity contribution in [2.24, 2.45) is 11.8 Å². The Bertz CT molecular complexity index is 574. The van der Waals surface area contributed by atoms with Crippen molar-refractivity contribution in [3.05, 3.63) is 35.9 Å². The third kappa shape index (κ3) is 8.31. The number of hydrogen-bond donors (Lipinski definition) is 2. The molecule has 1 heterocycles. The molecule has 27 heavy (non-hydrogen) atoms. The molecule has 0 spiro atoms. The van der Waals surface area contributed by atoms with Crippen molar-refractivity contribution in [2.45, 2.75) is 58.6 Å². The topological polar surface area (TPSA) is 67.4 Å². The van der Waals surface area contributed by atoms with Gasteiger partial charge in [0.2, 0.25) is 5.91 Å². The number of rotatable bonds is 8. The fourth-order valence-corrected chi connectivity index (χ4v) is 3.49. The molecule has 1 aromatic carbocycles. The molecule has 152 valence electrons. The highest BCUT2D eigenvalue weighted by Gasteiger charge is 2.24. The summed E-state index contributed by atoms with van der Waals surface area (Å²) in [7, 11) is 0. The van der Waals surface area contributed by atoms with Crippen molar-refractivity contribution >= 4 is 24.3 Å². The van der Waals surface area contributed by atoms with E-state index in [1.165, 1.54) is 12.8 Å². The minimum Gasteiger partial charge on any atom is -0.463 e. The van der Waals surface area contributed by atoms with Crippen LogP contribution in [0.4, 0.5) is 0 Å². The number of benzene rings is 1. The average Bonchev–Trinajstić information content (AvgIpc) is 2.62. The quantitative estimate of drug-likeness (QED) is 0.658. The molecule has 1 amide bonds. The van der Waals surface area contributed by atoms with E-state index in [0.29, 0.717) is 18.3 Å². The SMILES string of the molecule is CC(C)OC(=O)CC(NC(=O)CC(C)C1CCCNC1)c1ccccc1.Cl. The van der Waals surface area contributed by atoms with Crippen LogP contribution < -0.4 is 10.6 Å². The van der Waals surface area contributed by atoms with Gasteiger partial charge in [0.25, 0.3) is 0 Å². The Morgan fingerprint density at radius 2 is 1.89 bits per heavy atom. The van der Waals surface area contributed by atoms with E-state index in [9.17, 15) is 9.59 Å². The van der Waals surface area contributed by atoms with Gasteiger partial charge < -0.3 is 15.4 Å². The van der Waals surface area contributed by atoms with E-state index in [1.807, 2.05) is 44.2 Å². The molecule has 1 aromatic rings. The molecule has 0 saturated carbocycles. The van der Waals surface area contributed by atoms with Gasteiger partial charge in [-0.15, -0.1) is 12.4 Å². The highest BCUT2D eigenvalue weighted by molar-refractivity contribution is 5.85. The van der Waals surface area contributed by atoms with Crippen molar-refractivity contribution < 1.29 is 14.3 Å². The summed E-state index contributed by atoms with van der Waals surface area (Å²) >= 11 is 0. The maximum Gasteiger partial charge on any atom is 0.308 e. The molecule has 2 N–H and O–H groups in total. The van der Waals surface area contributed by atoms with Gasteiger partial charge in [-0.05, 0) is 57.2 Å². The Morgan fingerprint density at radius 1 is 1.19 bits per heavy atom. The molecule has 5 nitrogen and oxygen atoms in total. The van der Waals surface area contributed by atoms with E-state index in [2.05, 4.69) is 17.6 Å². The average molecular weight is 397 g/mol. The van der Waals surface area contributed by atoms with Crippen LogP contribution >= 0.6 is 12.4 Å². The second kappa shape index (κ2) is 12.0. The highest BCUT2D eigenvalue weighted by Crippen LogP contribution is 2.24. The lowest BCUT2D eigenvalue weighted by atomic mass is 9.85. The number of ether oxygens (including phenoxy) is 1. The molecule has 3 unspecified atom stereocenters. The Morgan fingerprint density at radius 3 is 2.48 bits per heavy atom. The summed E-state index contributed by atoms with van der Waals surface area (Å²) in [5.41, 5.74) is 0.925. The van der Waals surface area contributed by atoms with Crippen molar-refractivity contribution in [3.8, 4) is 0 Å². The predicted octanol–water partition coefficient (Wildman–Crippen LogP) is 3.63. The lowest BCUT2D eigenvalue weighted by Gasteiger charge is -2.28.